The van der Waals surface area contributed by atoms with Gasteiger partial charge in [-0.2, -0.15) is 0 Å². The number of benzene rings is 10. The van der Waals surface area contributed by atoms with Gasteiger partial charge in [-0.25, -0.2) is 0 Å². The van der Waals surface area contributed by atoms with Crippen LogP contribution in [-0.4, -0.2) is 193 Å². The lowest BCUT2D eigenvalue weighted by Crippen LogP contribution is -2.18. The van der Waals surface area contributed by atoms with Gasteiger partial charge in [0.15, 0.2) is 0 Å². The highest BCUT2D eigenvalue weighted by Crippen LogP contribution is 2.41. The Morgan fingerprint density at radius 1 is 0.163 bits per heavy atom. The molecule has 0 spiro atoms. The minimum Gasteiger partial charge on any atom is -0.491 e. The summed E-state index contributed by atoms with van der Waals surface area (Å²) >= 11 is 0. The molecule has 135 heavy (non-hydrogen) atoms. The van der Waals surface area contributed by atoms with E-state index < -0.39 is 0 Å². The normalized spacial score (nSPS) is 20.5. The molecular formula is C115H148O20. The van der Waals surface area contributed by atoms with E-state index in [4.69, 9.17) is 94.7 Å². The van der Waals surface area contributed by atoms with Gasteiger partial charge < -0.3 is 94.7 Å². The fourth-order valence-corrected chi connectivity index (χ4v) is 14.0. The molecule has 10 fully saturated rings. The van der Waals surface area contributed by atoms with Crippen LogP contribution in [0.3, 0.4) is 0 Å². The zero-order chi connectivity index (χ0) is 94.5. The van der Waals surface area contributed by atoms with Crippen molar-refractivity contribution in [1.82, 2.24) is 0 Å². The van der Waals surface area contributed by atoms with E-state index in [-0.39, 0.29) is 95.5 Å². The van der Waals surface area contributed by atoms with Crippen LogP contribution in [0.15, 0.2) is 243 Å². The van der Waals surface area contributed by atoms with E-state index >= 15 is 0 Å². The number of ether oxygens (including phenoxy) is 20. The van der Waals surface area contributed by atoms with E-state index in [2.05, 4.69) is 232 Å². The van der Waals surface area contributed by atoms with E-state index in [9.17, 15) is 0 Å². The molecule has 20 heteroatoms. The van der Waals surface area contributed by atoms with Crippen LogP contribution in [0.4, 0.5) is 0 Å². The second-order valence-electron chi connectivity index (χ2n) is 38.2. The third-order valence-corrected chi connectivity index (χ3v) is 24.1. The fraction of sp³-hybridized carbons (Fsp3) is 0.478. The first-order valence-corrected chi connectivity index (χ1v) is 48.3. The standard InChI is InChI=1S/5C21H24O4.3C3H8.CH4/c5*1-21(2,15-3-7-17(8-4-15)22-11-19-13-24-19)16-5-9-18(10-6-16)23-12-20-14-25-20;3*1-3-2;/h5*3-10,19-20H,11-14H2,1-2H3;3*3H2,1-2H3;1H4. The van der Waals surface area contributed by atoms with Gasteiger partial charge in [0.05, 0.1) is 66.1 Å². The summed E-state index contributed by atoms with van der Waals surface area (Å²) in [6.07, 6.45) is 6.56. The second-order valence-corrected chi connectivity index (χ2v) is 38.2. The summed E-state index contributed by atoms with van der Waals surface area (Å²) in [7, 11) is 0. The predicted octanol–water partition coefficient (Wildman–Crippen LogP) is 22.7. The lowest BCUT2D eigenvalue weighted by atomic mass is 9.78. The maximum absolute atomic E-state index is 5.72. The van der Waals surface area contributed by atoms with Crippen molar-refractivity contribution in [2.24, 2.45) is 0 Å². The van der Waals surface area contributed by atoms with Crippen LogP contribution in [0.2, 0.25) is 0 Å². The smallest absolute Gasteiger partial charge is 0.119 e. The van der Waals surface area contributed by atoms with Crippen molar-refractivity contribution in [3.8, 4) is 57.5 Å². The van der Waals surface area contributed by atoms with E-state index in [1.54, 1.807) is 0 Å². The summed E-state index contributed by atoms with van der Waals surface area (Å²) in [5.41, 5.74) is 12.1. The quantitative estimate of drug-likeness (QED) is 0.0326. The van der Waals surface area contributed by atoms with E-state index in [0.717, 1.165) is 124 Å². The molecule has 0 amide bonds. The first kappa shape index (κ1) is 104. The Bertz CT molecular complexity index is 3970. The molecular weight excluding hydrogens is 1700 g/mol. The van der Waals surface area contributed by atoms with Crippen LogP contribution in [0.25, 0.3) is 0 Å². The Balaban J connectivity index is 0.000000148. The molecule has 10 aliphatic heterocycles. The minimum absolute atomic E-state index is 0. The maximum atomic E-state index is 5.72. The highest BCUT2D eigenvalue weighted by molar-refractivity contribution is 5.48. The van der Waals surface area contributed by atoms with Crippen LogP contribution in [-0.2, 0) is 74.4 Å². The summed E-state index contributed by atoms with van der Waals surface area (Å²) in [5.74, 6) is 8.90. The van der Waals surface area contributed by atoms with Gasteiger partial charge in [0, 0.05) is 27.1 Å². The van der Waals surface area contributed by atoms with Crippen molar-refractivity contribution in [3.63, 3.8) is 0 Å². The molecule has 728 valence electrons. The Kier molecular flexibility index (Phi) is 38.6. The largest absolute Gasteiger partial charge is 0.491 e. The third kappa shape index (κ3) is 34.8. The van der Waals surface area contributed by atoms with Gasteiger partial charge in [-0.1, -0.05) is 259 Å². The van der Waals surface area contributed by atoms with Gasteiger partial charge >= 0.3 is 0 Å². The fourth-order valence-electron chi connectivity index (χ4n) is 14.0. The Hall–Kier alpha value is -10.2. The van der Waals surface area contributed by atoms with Crippen molar-refractivity contribution < 1.29 is 94.7 Å². The first-order valence-electron chi connectivity index (χ1n) is 48.3. The van der Waals surface area contributed by atoms with Crippen LogP contribution in [0.1, 0.15) is 193 Å². The molecule has 10 aromatic rings. The van der Waals surface area contributed by atoms with Gasteiger partial charge in [0.1, 0.15) is 185 Å². The van der Waals surface area contributed by atoms with Gasteiger partial charge in [0.25, 0.3) is 0 Å². The highest BCUT2D eigenvalue weighted by atomic mass is 16.6. The number of epoxide rings is 10. The first-order chi connectivity index (χ1) is 64.8. The lowest BCUT2D eigenvalue weighted by molar-refractivity contribution is 0.263. The molecule has 0 radical (unpaired) electrons. The van der Waals surface area contributed by atoms with Crippen LogP contribution >= 0.6 is 0 Å². The molecule has 20 rings (SSSR count). The lowest BCUT2D eigenvalue weighted by Gasteiger charge is -2.26. The van der Waals surface area contributed by atoms with Gasteiger partial charge in [-0.15, -0.1) is 0 Å². The molecule has 10 aromatic carbocycles. The Labute approximate surface area is 803 Å². The number of hydrogen-bond acceptors (Lipinski definition) is 20. The van der Waals surface area contributed by atoms with Crippen molar-refractivity contribution in [2.45, 2.75) is 226 Å². The van der Waals surface area contributed by atoms with Crippen molar-refractivity contribution in [1.29, 1.82) is 0 Å². The predicted molar refractivity (Wildman–Crippen MR) is 532 cm³/mol. The minimum atomic E-state index is -0.0870. The molecule has 0 aliphatic carbocycles. The maximum Gasteiger partial charge on any atom is 0.119 e. The van der Waals surface area contributed by atoms with Crippen molar-refractivity contribution in [3.05, 3.63) is 298 Å². The Morgan fingerprint density at radius 3 is 0.289 bits per heavy atom. The van der Waals surface area contributed by atoms with E-state index in [0.29, 0.717) is 66.1 Å². The third-order valence-electron chi connectivity index (χ3n) is 24.1. The van der Waals surface area contributed by atoms with Gasteiger partial charge in [-0.3, -0.25) is 0 Å². The second kappa shape index (κ2) is 50.2. The van der Waals surface area contributed by atoms with Gasteiger partial charge in [0.2, 0.25) is 0 Å². The zero-order valence-corrected chi connectivity index (χ0v) is 81.8. The molecule has 0 N–H and O–H groups in total. The number of rotatable bonds is 40. The molecule has 10 atom stereocenters. The molecule has 10 heterocycles. The molecule has 10 saturated heterocycles. The summed E-state index contributed by atoms with van der Waals surface area (Å²) in [4.78, 5) is 0. The highest BCUT2D eigenvalue weighted by Gasteiger charge is 2.34. The van der Waals surface area contributed by atoms with Crippen molar-refractivity contribution >= 4 is 0 Å². The Morgan fingerprint density at radius 2 is 0.230 bits per heavy atom. The average molecular weight is 1850 g/mol. The summed E-state index contributed by atoms with van der Waals surface area (Å²) in [5, 5.41) is 0. The summed E-state index contributed by atoms with van der Waals surface area (Å²) in [6.45, 7) is 49.6. The molecule has 0 aromatic heterocycles. The SMILES string of the molecule is C.CC(C)(c1ccc(OCC2CO2)cc1)c1ccc(OCC2CO2)cc1.CC(C)(c1ccc(OCC2CO2)cc1)c1ccc(OCC2CO2)cc1.CC(C)(c1ccc(OCC2CO2)cc1)c1ccc(OCC2CO2)cc1.CC(C)(c1ccc(OCC2CO2)cc1)c1ccc(OCC2CO2)cc1.CC(C)(c1ccc(OCC2CO2)cc1)c1ccc(OCC2CO2)cc1.CCC.CCC.CCC. The molecule has 10 unspecified atom stereocenters. The summed E-state index contributed by atoms with van der Waals surface area (Å²) in [6, 6.07) is 83.4. The average Bonchev–Trinajstić information content (AvgIpc) is 0.890. The van der Waals surface area contributed by atoms with Crippen LogP contribution < -0.4 is 47.4 Å². The topological polar surface area (TPSA) is 218 Å². The van der Waals surface area contributed by atoms with Crippen LogP contribution in [0.5, 0.6) is 57.5 Å². The monoisotopic (exact) mass is 1850 g/mol. The van der Waals surface area contributed by atoms with E-state index in [1.807, 2.05) is 121 Å². The van der Waals surface area contributed by atoms with Crippen LogP contribution in [0, 0.1) is 0 Å². The number of hydrogen-bond donors (Lipinski definition) is 0. The molecule has 20 nitrogen and oxygen atoms in total. The molecule has 10 aliphatic rings. The summed E-state index contributed by atoms with van der Waals surface area (Å²) < 4.78 is 109. The molecule has 0 saturated carbocycles. The van der Waals surface area contributed by atoms with Crippen molar-refractivity contribution in [2.75, 3.05) is 132 Å². The van der Waals surface area contributed by atoms with Gasteiger partial charge in [-0.05, 0) is 177 Å². The zero-order valence-electron chi connectivity index (χ0n) is 81.8. The molecule has 0 bridgehead atoms. The van der Waals surface area contributed by atoms with E-state index in [1.165, 1.54) is 74.9 Å².